The largest absolute Gasteiger partial charge is 0.366 e. The van der Waals surface area contributed by atoms with Crippen molar-refractivity contribution in [2.45, 2.75) is 32.2 Å². The average molecular weight is 287 g/mol. The van der Waals surface area contributed by atoms with E-state index in [0.29, 0.717) is 6.04 Å². The van der Waals surface area contributed by atoms with E-state index in [2.05, 4.69) is 46.7 Å². The maximum absolute atomic E-state index is 12.2. The summed E-state index contributed by atoms with van der Waals surface area (Å²) in [6, 6.07) is 8.94. The van der Waals surface area contributed by atoms with Gasteiger partial charge in [0.2, 0.25) is 5.91 Å². The number of nitrogens with one attached hydrogen (secondary N) is 2. The van der Waals surface area contributed by atoms with Crippen LogP contribution >= 0.6 is 0 Å². The zero-order valence-electron chi connectivity index (χ0n) is 12.8. The number of benzene rings is 1. The zero-order chi connectivity index (χ0) is 14.7. The molecule has 0 spiro atoms. The first-order valence-corrected chi connectivity index (χ1v) is 8.08. The van der Waals surface area contributed by atoms with Gasteiger partial charge in [-0.2, -0.15) is 0 Å². The van der Waals surface area contributed by atoms with Gasteiger partial charge in [-0.3, -0.25) is 4.79 Å². The number of hydrogen-bond donors (Lipinski definition) is 2. The third kappa shape index (κ3) is 3.21. The van der Waals surface area contributed by atoms with E-state index in [-0.39, 0.29) is 11.8 Å². The summed E-state index contributed by atoms with van der Waals surface area (Å²) >= 11 is 0. The van der Waals surface area contributed by atoms with E-state index >= 15 is 0 Å². The summed E-state index contributed by atoms with van der Waals surface area (Å²) in [7, 11) is 0. The summed E-state index contributed by atoms with van der Waals surface area (Å²) in [5, 5.41) is 6.45. The molecule has 1 saturated heterocycles. The molecule has 21 heavy (non-hydrogen) atoms. The Hall–Kier alpha value is -1.55. The molecule has 4 heteroatoms. The van der Waals surface area contributed by atoms with E-state index in [9.17, 15) is 4.79 Å². The first-order valence-electron chi connectivity index (χ1n) is 8.08. The van der Waals surface area contributed by atoms with Crippen LogP contribution in [0.3, 0.4) is 0 Å². The fourth-order valence-corrected chi connectivity index (χ4v) is 3.41. The Morgan fingerprint density at radius 3 is 2.95 bits per heavy atom. The van der Waals surface area contributed by atoms with Gasteiger partial charge >= 0.3 is 0 Å². The number of nitrogens with zero attached hydrogens (tertiary/aromatic N) is 1. The molecule has 0 aliphatic carbocycles. The molecule has 114 valence electrons. The number of rotatable bonds is 4. The molecule has 0 radical (unpaired) electrons. The quantitative estimate of drug-likeness (QED) is 0.883. The van der Waals surface area contributed by atoms with Gasteiger partial charge in [0.15, 0.2) is 0 Å². The highest BCUT2D eigenvalue weighted by molar-refractivity contribution is 5.78. The van der Waals surface area contributed by atoms with Gasteiger partial charge in [0.25, 0.3) is 0 Å². The smallest absolute Gasteiger partial charge is 0.223 e. The maximum atomic E-state index is 12.2. The monoisotopic (exact) mass is 287 g/mol. The first-order chi connectivity index (χ1) is 10.3. The lowest BCUT2D eigenvalue weighted by Crippen LogP contribution is -2.45. The van der Waals surface area contributed by atoms with Gasteiger partial charge in [0, 0.05) is 30.7 Å². The van der Waals surface area contributed by atoms with Crippen LogP contribution < -0.4 is 15.5 Å². The summed E-state index contributed by atoms with van der Waals surface area (Å²) in [5.41, 5.74) is 2.76. The molecule has 1 aromatic rings. The second-order valence-electron chi connectivity index (χ2n) is 6.19. The third-order valence-electron chi connectivity index (χ3n) is 4.74. The summed E-state index contributed by atoms with van der Waals surface area (Å²) in [6.07, 6.45) is 3.04. The van der Waals surface area contributed by atoms with Crippen LogP contribution in [0.5, 0.6) is 0 Å². The van der Waals surface area contributed by atoms with Crippen molar-refractivity contribution in [1.82, 2.24) is 10.6 Å². The molecule has 1 atom stereocenters. The van der Waals surface area contributed by atoms with Crippen LogP contribution in [0.2, 0.25) is 0 Å². The highest BCUT2D eigenvalue weighted by Gasteiger charge is 2.25. The maximum Gasteiger partial charge on any atom is 0.223 e. The molecule has 0 saturated carbocycles. The molecular weight excluding hydrogens is 262 g/mol. The minimum absolute atomic E-state index is 0.198. The summed E-state index contributed by atoms with van der Waals surface area (Å²) in [5.74, 6) is 0.431. The molecule has 0 aromatic heterocycles. The van der Waals surface area contributed by atoms with E-state index in [1.165, 1.54) is 11.3 Å². The molecule has 1 amide bonds. The number of carbonyl (C=O) groups is 1. The zero-order valence-corrected chi connectivity index (χ0v) is 12.8. The Morgan fingerprint density at radius 1 is 1.38 bits per heavy atom. The average Bonchev–Trinajstić information content (AvgIpc) is 2.97. The van der Waals surface area contributed by atoms with Gasteiger partial charge in [-0.05, 0) is 50.9 Å². The normalized spacial score (nSPS) is 20.1. The fraction of sp³-hybridized carbons (Fsp3) is 0.588. The van der Waals surface area contributed by atoms with Gasteiger partial charge in [0.05, 0.1) is 0 Å². The van der Waals surface area contributed by atoms with Crippen molar-refractivity contribution >= 4 is 11.6 Å². The van der Waals surface area contributed by atoms with Gasteiger partial charge in [-0.25, -0.2) is 0 Å². The van der Waals surface area contributed by atoms with Crippen molar-refractivity contribution in [1.29, 1.82) is 0 Å². The van der Waals surface area contributed by atoms with E-state index in [4.69, 9.17) is 0 Å². The fourth-order valence-electron chi connectivity index (χ4n) is 3.41. The molecule has 1 fully saturated rings. The molecule has 3 rings (SSSR count). The minimum atomic E-state index is 0.198. The van der Waals surface area contributed by atoms with Crippen LogP contribution in [0.4, 0.5) is 5.69 Å². The lowest BCUT2D eigenvalue weighted by molar-refractivity contribution is -0.125. The number of fused-ring (bicyclic) bond motifs is 1. The van der Waals surface area contributed by atoms with Crippen LogP contribution in [-0.2, 0) is 11.2 Å². The van der Waals surface area contributed by atoms with Crippen molar-refractivity contribution in [3.63, 3.8) is 0 Å². The molecule has 2 aliphatic rings. The Labute approximate surface area is 126 Å². The number of amides is 1. The summed E-state index contributed by atoms with van der Waals surface area (Å²) in [4.78, 5) is 14.6. The van der Waals surface area contributed by atoms with Gasteiger partial charge in [-0.1, -0.05) is 18.2 Å². The SMILES string of the molecule is CC(CNC(=O)C1CCNCC1)N1CCc2ccccc21. The standard InChI is InChI=1S/C17H25N3O/c1-13(12-19-17(21)15-6-9-18-10-7-15)20-11-8-14-4-2-3-5-16(14)20/h2-5,13,15,18H,6-12H2,1H3,(H,19,21). The van der Waals surface area contributed by atoms with Crippen LogP contribution in [0, 0.1) is 5.92 Å². The first kappa shape index (κ1) is 14.4. The number of hydrogen-bond acceptors (Lipinski definition) is 3. The topological polar surface area (TPSA) is 44.4 Å². The van der Waals surface area contributed by atoms with E-state index in [0.717, 1.165) is 45.4 Å². The predicted molar refractivity (Wildman–Crippen MR) is 85.6 cm³/mol. The number of carbonyl (C=O) groups excluding carboxylic acids is 1. The lowest BCUT2D eigenvalue weighted by atomic mass is 9.97. The van der Waals surface area contributed by atoms with E-state index < -0.39 is 0 Å². The van der Waals surface area contributed by atoms with Crippen LogP contribution in [0.1, 0.15) is 25.3 Å². The van der Waals surface area contributed by atoms with Gasteiger partial charge in [0.1, 0.15) is 0 Å². The number of anilines is 1. The van der Waals surface area contributed by atoms with E-state index in [1.54, 1.807) is 0 Å². The van der Waals surface area contributed by atoms with Crippen LogP contribution in [0.25, 0.3) is 0 Å². The van der Waals surface area contributed by atoms with Crippen molar-refractivity contribution in [3.8, 4) is 0 Å². The third-order valence-corrected chi connectivity index (χ3v) is 4.74. The summed E-state index contributed by atoms with van der Waals surface area (Å²) < 4.78 is 0. The van der Waals surface area contributed by atoms with Crippen LogP contribution in [0.15, 0.2) is 24.3 Å². The Balaban J connectivity index is 1.53. The molecular formula is C17H25N3O. The highest BCUT2D eigenvalue weighted by Crippen LogP contribution is 2.28. The molecule has 4 nitrogen and oxygen atoms in total. The molecule has 2 heterocycles. The van der Waals surface area contributed by atoms with E-state index in [1.807, 2.05) is 0 Å². The second kappa shape index (κ2) is 6.48. The molecule has 2 N–H and O–H groups in total. The Bertz CT molecular complexity index is 497. The van der Waals surface area contributed by atoms with Crippen LogP contribution in [-0.4, -0.2) is 38.1 Å². The highest BCUT2D eigenvalue weighted by atomic mass is 16.1. The summed E-state index contributed by atoms with van der Waals surface area (Å²) in [6.45, 7) is 5.92. The lowest BCUT2D eigenvalue weighted by Gasteiger charge is -2.29. The molecule has 0 bridgehead atoms. The van der Waals surface area contributed by atoms with Crippen molar-refractivity contribution in [2.24, 2.45) is 5.92 Å². The molecule has 1 aromatic carbocycles. The van der Waals surface area contributed by atoms with Crippen molar-refractivity contribution in [2.75, 3.05) is 31.1 Å². The predicted octanol–water partition coefficient (Wildman–Crippen LogP) is 1.55. The number of piperidine rings is 1. The minimum Gasteiger partial charge on any atom is -0.366 e. The van der Waals surface area contributed by atoms with Gasteiger partial charge in [-0.15, -0.1) is 0 Å². The molecule has 2 aliphatic heterocycles. The molecule has 1 unspecified atom stereocenters. The second-order valence-corrected chi connectivity index (χ2v) is 6.19. The van der Waals surface area contributed by atoms with Gasteiger partial charge < -0.3 is 15.5 Å². The number of para-hydroxylation sites is 1. The Morgan fingerprint density at radius 2 is 2.14 bits per heavy atom. The van der Waals surface area contributed by atoms with Crippen molar-refractivity contribution in [3.05, 3.63) is 29.8 Å². The van der Waals surface area contributed by atoms with Crippen molar-refractivity contribution < 1.29 is 4.79 Å². The Kier molecular flexibility index (Phi) is 4.44.